The van der Waals surface area contributed by atoms with E-state index in [9.17, 15) is 9.59 Å². The van der Waals surface area contributed by atoms with Crippen LogP contribution < -0.4 is 10.3 Å². The van der Waals surface area contributed by atoms with Crippen molar-refractivity contribution in [2.45, 2.75) is 32.9 Å². The van der Waals surface area contributed by atoms with Crippen LogP contribution >= 0.6 is 0 Å². The number of carbonyl (C=O) groups is 1. The number of hydrogen-bond acceptors (Lipinski definition) is 5. The lowest BCUT2D eigenvalue weighted by molar-refractivity contribution is 0.0619. The zero-order chi connectivity index (χ0) is 23.9. The van der Waals surface area contributed by atoms with Gasteiger partial charge in [0.25, 0.3) is 11.5 Å². The first-order valence-corrected chi connectivity index (χ1v) is 11.9. The van der Waals surface area contributed by atoms with Crippen LogP contribution in [0.4, 0.5) is 0 Å². The third-order valence-corrected chi connectivity index (χ3v) is 6.11. The standard InChI is InChI=1S/C27H32N4O3/c1-21(2)23-10-8-22(9-11-23)20-29-14-16-30(17-15-29)27(33)25-12-13-26(32)31(28-25)18-19-34-24-6-4-3-5-7-24/h3-13,21H,14-20H2,1-2H3. The lowest BCUT2D eigenvalue weighted by atomic mass is 10.0. The van der Waals surface area contributed by atoms with Crippen LogP contribution in [0.25, 0.3) is 0 Å². The zero-order valence-corrected chi connectivity index (χ0v) is 19.9. The fourth-order valence-corrected chi connectivity index (χ4v) is 4.03. The van der Waals surface area contributed by atoms with Gasteiger partial charge in [-0.1, -0.05) is 56.3 Å². The van der Waals surface area contributed by atoms with E-state index >= 15 is 0 Å². The number of ether oxygens (including phenoxy) is 1. The number of benzene rings is 2. The summed E-state index contributed by atoms with van der Waals surface area (Å²) in [6, 6.07) is 21.1. The quantitative estimate of drug-likeness (QED) is 0.515. The second kappa shape index (κ2) is 11.1. The molecule has 0 N–H and O–H groups in total. The van der Waals surface area contributed by atoms with Crippen molar-refractivity contribution in [3.63, 3.8) is 0 Å². The molecule has 2 aromatic carbocycles. The molecule has 178 valence electrons. The van der Waals surface area contributed by atoms with Crippen LogP contribution in [0.5, 0.6) is 5.75 Å². The average Bonchev–Trinajstić information content (AvgIpc) is 2.86. The van der Waals surface area contributed by atoms with Gasteiger partial charge in [-0.25, -0.2) is 4.68 Å². The minimum Gasteiger partial charge on any atom is -0.492 e. The summed E-state index contributed by atoms with van der Waals surface area (Å²) >= 11 is 0. The smallest absolute Gasteiger partial charge is 0.274 e. The van der Waals surface area contributed by atoms with Crippen molar-refractivity contribution in [1.82, 2.24) is 19.6 Å². The highest BCUT2D eigenvalue weighted by atomic mass is 16.5. The van der Waals surface area contributed by atoms with Crippen molar-refractivity contribution in [3.05, 3.63) is 93.9 Å². The first-order chi connectivity index (χ1) is 16.5. The molecule has 0 atom stereocenters. The van der Waals surface area contributed by atoms with Crippen molar-refractivity contribution < 1.29 is 9.53 Å². The predicted molar refractivity (Wildman–Crippen MR) is 132 cm³/mol. The van der Waals surface area contributed by atoms with Crippen LogP contribution in [0.1, 0.15) is 41.4 Å². The lowest BCUT2D eigenvalue weighted by Gasteiger charge is -2.34. The Balaban J connectivity index is 1.30. The summed E-state index contributed by atoms with van der Waals surface area (Å²) in [7, 11) is 0. The molecular weight excluding hydrogens is 428 g/mol. The molecule has 0 saturated carbocycles. The van der Waals surface area contributed by atoms with Crippen LogP contribution in [0.2, 0.25) is 0 Å². The van der Waals surface area contributed by atoms with Gasteiger partial charge in [0.15, 0.2) is 0 Å². The zero-order valence-electron chi connectivity index (χ0n) is 19.9. The van der Waals surface area contributed by atoms with Gasteiger partial charge in [-0.3, -0.25) is 14.5 Å². The summed E-state index contributed by atoms with van der Waals surface area (Å²) in [4.78, 5) is 29.4. The fraction of sp³-hybridized carbons (Fsp3) is 0.370. The summed E-state index contributed by atoms with van der Waals surface area (Å²) in [5.41, 5.74) is 2.67. The highest BCUT2D eigenvalue weighted by Crippen LogP contribution is 2.16. The molecule has 1 saturated heterocycles. The molecule has 1 aliphatic heterocycles. The van der Waals surface area contributed by atoms with Crippen molar-refractivity contribution in [2.75, 3.05) is 32.8 Å². The van der Waals surface area contributed by atoms with E-state index in [1.807, 2.05) is 35.2 Å². The normalized spacial score (nSPS) is 14.4. The second-order valence-electron chi connectivity index (χ2n) is 8.91. The van der Waals surface area contributed by atoms with E-state index in [1.54, 1.807) is 0 Å². The molecule has 0 unspecified atom stereocenters. The number of carbonyl (C=O) groups excluding carboxylic acids is 1. The first kappa shape index (κ1) is 23.7. The van der Waals surface area contributed by atoms with E-state index in [4.69, 9.17) is 4.74 Å². The van der Waals surface area contributed by atoms with Crippen LogP contribution in [-0.4, -0.2) is 58.3 Å². The topological polar surface area (TPSA) is 67.7 Å². The molecule has 0 aliphatic carbocycles. The van der Waals surface area contributed by atoms with Crippen molar-refractivity contribution >= 4 is 5.91 Å². The highest BCUT2D eigenvalue weighted by molar-refractivity contribution is 5.92. The molecule has 1 amide bonds. The number of para-hydroxylation sites is 1. The Bertz CT molecular complexity index is 1130. The maximum atomic E-state index is 13.0. The number of rotatable bonds is 8. The summed E-state index contributed by atoms with van der Waals surface area (Å²) in [5.74, 6) is 1.12. The van der Waals surface area contributed by atoms with Gasteiger partial charge < -0.3 is 9.64 Å². The Morgan fingerprint density at radius 1 is 0.941 bits per heavy atom. The predicted octanol–water partition coefficient (Wildman–Crippen LogP) is 3.40. The lowest BCUT2D eigenvalue weighted by Crippen LogP contribution is -2.48. The monoisotopic (exact) mass is 460 g/mol. The molecule has 1 aromatic heterocycles. The molecule has 34 heavy (non-hydrogen) atoms. The molecule has 4 rings (SSSR count). The highest BCUT2D eigenvalue weighted by Gasteiger charge is 2.23. The molecule has 3 aromatic rings. The van der Waals surface area contributed by atoms with Crippen LogP contribution in [0.3, 0.4) is 0 Å². The van der Waals surface area contributed by atoms with Crippen LogP contribution in [-0.2, 0) is 13.1 Å². The maximum Gasteiger partial charge on any atom is 0.274 e. The van der Waals surface area contributed by atoms with E-state index in [0.29, 0.717) is 25.6 Å². The molecule has 7 nitrogen and oxygen atoms in total. The second-order valence-corrected chi connectivity index (χ2v) is 8.91. The van der Waals surface area contributed by atoms with Gasteiger partial charge in [-0.15, -0.1) is 0 Å². The molecule has 7 heteroatoms. The third-order valence-electron chi connectivity index (χ3n) is 6.11. The molecule has 1 fully saturated rings. The summed E-state index contributed by atoms with van der Waals surface area (Å²) < 4.78 is 6.96. The van der Waals surface area contributed by atoms with Crippen molar-refractivity contribution in [1.29, 1.82) is 0 Å². The largest absolute Gasteiger partial charge is 0.492 e. The minimum atomic E-state index is -0.249. The van der Waals surface area contributed by atoms with Gasteiger partial charge in [0.1, 0.15) is 18.1 Å². The number of amides is 1. The Morgan fingerprint density at radius 3 is 2.32 bits per heavy atom. The van der Waals surface area contributed by atoms with Gasteiger partial charge in [0.05, 0.1) is 6.54 Å². The van der Waals surface area contributed by atoms with Gasteiger partial charge in [-0.05, 0) is 35.2 Å². The SMILES string of the molecule is CC(C)c1ccc(CN2CCN(C(=O)c3ccc(=O)n(CCOc4ccccc4)n3)CC2)cc1. The molecule has 2 heterocycles. The van der Waals surface area contributed by atoms with Crippen molar-refractivity contribution in [2.24, 2.45) is 0 Å². The molecular formula is C27H32N4O3. The van der Waals surface area contributed by atoms with Gasteiger partial charge in [-0.2, -0.15) is 5.10 Å². The van der Waals surface area contributed by atoms with Crippen LogP contribution in [0, 0.1) is 0 Å². The van der Waals surface area contributed by atoms with Crippen LogP contribution in [0.15, 0.2) is 71.5 Å². The van der Waals surface area contributed by atoms with E-state index < -0.39 is 0 Å². The summed E-state index contributed by atoms with van der Waals surface area (Å²) in [6.07, 6.45) is 0. The minimum absolute atomic E-state index is 0.140. The first-order valence-electron chi connectivity index (χ1n) is 11.9. The maximum absolute atomic E-state index is 13.0. The van der Waals surface area contributed by atoms with E-state index in [1.165, 1.54) is 27.9 Å². The Morgan fingerprint density at radius 2 is 1.65 bits per heavy atom. The number of piperazine rings is 1. The van der Waals surface area contributed by atoms with E-state index in [2.05, 4.69) is 48.1 Å². The molecule has 0 spiro atoms. The van der Waals surface area contributed by atoms with E-state index in [-0.39, 0.29) is 23.7 Å². The Kier molecular flexibility index (Phi) is 7.75. The van der Waals surface area contributed by atoms with Gasteiger partial charge in [0.2, 0.25) is 0 Å². The fourth-order valence-electron chi connectivity index (χ4n) is 4.03. The summed E-state index contributed by atoms with van der Waals surface area (Å²) in [6.45, 7) is 8.75. The number of aromatic nitrogens is 2. The van der Waals surface area contributed by atoms with Crippen molar-refractivity contribution in [3.8, 4) is 5.75 Å². The molecule has 0 radical (unpaired) electrons. The molecule has 0 bridgehead atoms. The Labute approximate surface area is 200 Å². The molecule has 1 aliphatic rings. The summed E-state index contributed by atoms with van der Waals surface area (Å²) in [5, 5.41) is 4.31. The van der Waals surface area contributed by atoms with Gasteiger partial charge in [0, 0.05) is 38.8 Å². The number of hydrogen-bond donors (Lipinski definition) is 0. The third kappa shape index (κ3) is 6.11. The number of nitrogens with zero attached hydrogens (tertiary/aromatic N) is 4. The Hall–Kier alpha value is -3.45. The average molecular weight is 461 g/mol. The van der Waals surface area contributed by atoms with E-state index in [0.717, 1.165) is 25.4 Å². The van der Waals surface area contributed by atoms with Gasteiger partial charge >= 0.3 is 0 Å².